The Bertz CT molecular complexity index is 678. The maximum absolute atomic E-state index is 12.4. The Morgan fingerprint density at radius 2 is 1.91 bits per heavy atom. The average Bonchev–Trinajstić information content (AvgIpc) is 2.48. The summed E-state index contributed by atoms with van der Waals surface area (Å²) in [5.41, 5.74) is 1.73. The van der Waals surface area contributed by atoms with Crippen molar-refractivity contribution in [1.29, 1.82) is 0 Å². The molecular formula is C16H15BrF2N2O2. The number of aryl methyl sites for hydroxylation is 1. The zero-order chi connectivity index (χ0) is 16.8. The number of benzene rings is 2. The second-order valence-electron chi connectivity index (χ2n) is 4.74. The molecule has 2 N–H and O–H groups in total. The molecule has 0 atom stereocenters. The van der Waals surface area contributed by atoms with Crippen LogP contribution in [0.5, 0.6) is 5.75 Å². The third kappa shape index (κ3) is 5.21. The van der Waals surface area contributed by atoms with Gasteiger partial charge < -0.3 is 15.4 Å². The Labute approximate surface area is 141 Å². The van der Waals surface area contributed by atoms with Crippen LogP contribution in [-0.2, 0) is 4.79 Å². The molecule has 0 saturated carbocycles. The molecule has 1 amide bonds. The fourth-order valence-electron chi connectivity index (χ4n) is 1.97. The fourth-order valence-corrected chi connectivity index (χ4v) is 2.23. The molecule has 0 fully saturated rings. The first-order valence-electron chi connectivity index (χ1n) is 6.79. The van der Waals surface area contributed by atoms with Gasteiger partial charge in [0, 0.05) is 10.2 Å². The molecule has 0 aliphatic heterocycles. The maximum atomic E-state index is 12.4. The van der Waals surface area contributed by atoms with Crippen LogP contribution >= 0.6 is 15.9 Å². The van der Waals surface area contributed by atoms with Crippen molar-refractivity contribution in [2.45, 2.75) is 13.5 Å². The smallest absolute Gasteiger partial charge is 0.387 e. The number of hydrogen-bond donors (Lipinski definition) is 2. The Morgan fingerprint density at radius 3 is 2.57 bits per heavy atom. The summed E-state index contributed by atoms with van der Waals surface area (Å²) >= 11 is 3.31. The fraction of sp³-hybridized carbons (Fsp3) is 0.188. The van der Waals surface area contributed by atoms with Gasteiger partial charge in [-0.3, -0.25) is 4.79 Å². The quantitative estimate of drug-likeness (QED) is 0.775. The second-order valence-corrected chi connectivity index (χ2v) is 5.65. The molecule has 7 heteroatoms. The Balaban J connectivity index is 1.99. The Hall–Kier alpha value is -2.15. The number of carbonyl (C=O) groups excluding carboxylic acids is 1. The number of para-hydroxylation sites is 1. The summed E-state index contributed by atoms with van der Waals surface area (Å²) in [4.78, 5) is 11.9. The van der Waals surface area contributed by atoms with E-state index in [1.54, 1.807) is 43.3 Å². The van der Waals surface area contributed by atoms with Crippen molar-refractivity contribution >= 4 is 33.2 Å². The number of anilines is 2. The SMILES string of the molecule is Cc1cccc(OC(F)F)c1NCC(=O)Nc1ccc(Br)cc1. The number of halogens is 3. The van der Waals surface area contributed by atoms with Crippen molar-refractivity contribution in [2.24, 2.45) is 0 Å². The van der Waals surface area contributed by atoms with Crippen molar-refractivity contribution in [1.82, 2.24) is 0 Å². The van der Waals surface area contributed by atoms with Gasteiger partial charge >= 0.3 is 6.61 Å². The van der Waals surface area contributed by atoms with Gasteiger partial charge in [0.1, 0.15) is 5.75 Å². The van der Waals surface area contributed by atoms with Crippen molar-refractivity contribution in [2.75, 3.05) is 17.2 Å². The van der Waals surface area contributed by atoms with Crippen LogP contribution in [0.3, 0.4) is 0 Å². The van der Waals surface area contributed by atoms with E-state index in [2.05, 4.69) is 31.3 Å². The minimum Gasteiger partial charge on any atom is -0.433 e. The van der Waals surface area contributed by atoms with Gasteiger partial charge in [0.05, 0.1) is 12.2 Å². The van der Waals surface area contributed by atoms with Crippen LogP contribution in [0.1, 0.15) is 5.56 Å². The third-order valence-electron chi connectivity index (χ3n) is 3.00. The van der Waals surface area contributed by atoms with Crippen LogP contribution in [0.2, 0.25) is 0 Å². The van der Waals surface area contributed by atoms with Crippen molar-refractivity contribution < 1.29 is 18.3 Å². The molecule has 0 aliphatic rings. The monoisotopic (exact) mass is 384 g/mol. The predicted molar refractivity (Wildman–Crippen MR) is 89.1 cm³/mol. The molecule has 2 aromatic rings. The van der Waals surface area contributed by atoms with Gasteiger partial charge in [-0.15, -0.1) is 0 Å². The highest BCUT2D eigenvalue weighted by Crippen LogP contribution is 2.29. The van der Waals surface area contributed by atoms with Gasteiger partial charge in [-0.05, 0) is 42.8 Å². The van der Waals surface area contributed by atoms with Crippen LogP contribution in [-0.4, -0.2) is 19.1 Å². The molecule has 0 heterocycles. The largest absolute Gasteiger partial charge is 0.433 e. The first-order valence-corrected chi connectivity index (χ1v) is 7.58. The topological polar surface area (TPSA) is 50.4 Å². The zero-order valence-corrected chi connectivity index (χ0v) is 13.9. The third-order valence-corrected chi connectivity index (χ3v) is 3.53. The number of carbonyl (C=O) groups is 1. The minimum atomic E-state index is -2.92. The minimum absolute atomic E-state index is 0.0106. The number of rotatable bonds is 6. The normalized spacial score (nSPS) is 10.5. The number of hydrogen-bond acceptors (Lipinski definition) is 3. The molecule has 122 valence electrons. The molecular weight excluding hydrogens is 370 g/mol. The molecule has 0 saturated heterocycles. The Kier molecular flexibility index (Phi) is 5.92. The van der Waals surface area contributed by atoms with Crippen molar-refractivity contribution in [3.63, 3.8) is 0 Å². The van der Waals surface area contributed by atoms with Gasteiger partial charge in [-0.1, -0.05) is 28.1 Å². The van der Waals surface area contributed by atoms with E-state index in [4.69, 9.17) is 0 Å². The van der Waals surface area contributed by atoms with E-state index in [1.165, 1.54) is 6.07 Å². The summed E-state index contributed by atoms with van der Waals surface area (Å²) in [7, 11) is 0. The summed E-state index contributed by atoms with van der Waals surface area (Å²) in [6, 6.07) is 11.9. The number of amides is 1. The van der Waals surface area contributed by atoms with Crippen LogP contribution in [0, 0.1) is 6.92 Å². The van der Waals surface area contributed by atoms with Gasteiger partial charge in [0.25, 0.3) is 0 Å². The van der Waals surface area contributed by atoms with Gasteiger partial charge in [0.15, 0.2) is 0 Å². The molecule has 2 aromatic carbocycles. The van der Waals surface area contributed by atoms with E-state index in [1.807, 2.05) is 0 Å². The molecule has 0 aromatic heterocycles. The molecule has 4 nitrogen and oxygen atoms in total. The number of nitrogens with one attached hydrogen (secondary N) is 2. The van der Waals surface area contributed by atoms with Crippen LogP contribution < -0.4 is 15.4 Å². The molecule has 2 rings (SSSR count). The molecule has 0 spiro atoms. The highest BCUT2D eigenvalue weighted by molar-refractivity contribution is 9.10. The van der Waals surface area contributed by atoms with Gasteiger partial charge in [-0.2, -0.15) is 8.78 Å². The maximum Gasteiger partial charge on any atom is 0.387 e. The lowest BCUT2D eigenvalue weighted by molar-refractivity contribution is -0.114. The standard InChI is InChI=1S/C16H15BrF2N2O2/c1-10-3-2-4-13(23-16(18)19)15(10)20-9-14(22)21-12-7-5-11(17)6-8-12/h2-8,16,20H,9H2,1H3,(H,21,22). The van der Waals surface area contributed by atoms with Gasteiger partial charge in [0.2, 0.25) is 5.91 Å². The Morgan fingerprint density at radius 1 is 1.22 bits per heavy atom. The highest BCUT2D eigenvalue weighted by atomic mass is 79.9. The average molecular weight is 385 g/mol. The second kappa shape index (κ2) is 7.92. The van der Waals surface area contributed by atoms with E-state index in [-0.39, 0.29) is 18.2 Å². The van der Waals surface area contributed by atoms with Crippen LogP contribution in [0.4, 0.5) is 20.2 Å². The first-order chi connectivity index (χ1) is 11.0. The van der Waals surface area contributed by atoms with E-state index < -0.39 is 6.61 Å². The summed E-state index contributed by atoms with van der Waals surface area (Å²) < 4.78 is 30.2. The summed E-state index contributed by atoms with van der Waals surface area (Å²) in [6.45, 7) is -1.25. The number of ether oxygens (including phenoxy) is 1. The lowest BCUT2D eigenvalue weighted by atomic mass is 10.2. The lowest BCUT2D eigenvalue weighted by Crippen LogP contribution is -2.22. The number of alkyl halides is 2. The summed E-state index contributed by atoms with van der Waals surface area (Å²) in [5.74, 6) is -0.282. The van der Waals surface area contributed by atoms with Crippen molar-refractivity contribution in [3.8, 4) is 5.75 Å². The molecule has 23 heavy (non-hydrogen) atoms. The van der Waals surface area contributed by atoms with Crippen LogP contribution in [0.15, 0.2) is 46.9 Å². The highest BCUT2D eigenvalue weighted by Gasteiger charge is 2.12. The van der Waals surface area contributed by atoms with Crippen LogP contribution in [0.25, 0.3) is 0 Å². The van der Waals surface area contributed by atoms with E-state index in [9.17, 15) is 13.6 Å². The molecule has 0 aliphatic carbocycles. The van der Waals surface area contributed by atoms with Crippen molar-refractivity contribution in [3.05, 3.63) is 52.5 Å². The summed E-state index contributed by atoms with van der Waals surface area (Å²) in [5, 5.41) is 5.55. The molecule has 0 unspecified atom stereocenters. The van der Waals surface area contributed by atoms with E-state index >= 15 is 0 Å². The molecule has 0 radical (unpaired) electrons. The van der Waals surface area contributed by atoms with E-state index in [0.29, 0.717) is 16.9 Å². The first kappa shape index (κ1) is 17.2. The lowest BCUT2D eigenvalue weighted by Gasteiger charge is -2.15. The zero-order valence-electron chi connectivity index (χ0n) is 12.3. The summed E-state index contributed by atoms with van der Waals surface area (Å²) in [6.07, 6.45) is 0. The predicted octanol–water partition coefficient (Wildman–Crippen LogP) is 4.41. The van der Waals surface area contributed by atoms with Gasteiger partial charge in [-0.25, -0.2) is 0 Å². The van der Waals surface area contributed by atoms with E-state index in [0.717, 1.165) is 4.47 Å². The molecule has 0 bridgehead atoms.